The lowest BCUT2D eigenvalue weighted by atomic mass is 9.93. The average Bonchev–Trinajstić information content (AvgIpc) is 2.78. The van der Waals surface area contributed by atoms with Crippen molar-refractivity contribution in [1.29, 1.82) is 0 Å². The van der Waals surface area contributed by atoms with Crippen LogP contribution in [0.1, 0.15) is 44.2 Å². The van der Waals surface area contributed by atoms with Gasteiger partial charge in [-0.2, -0.15) is 0 Å². The minimum absolute atomic E-state index is 0.0317. The van der Waals surface area contributed by atoms with Crippen molar-refractivity contribution in [3.8, 4) is 5.75 Å². The molecule has 2 atom stereocenters. The molecule has 2 unspecified atom stereocenters. The van der Waals surface area contributed by atoms with E-state index in [2.05, 4.69) is 44.3 Å². The first-order valence-corrected chi connectivity index (χ1v) is 6.59. The Kier molecular flexibility index (Phi) is 2.44. The van der Waals surface area contributed by atoms with Gasteiger partial charge in [-0.25, -0.2) is 0 Å². The molecule has 1 saturated heterocycles. The number of hydrogen-bond donors (Lipinski definition) is 1. The molecule has 1 aromatic carbocycles. The molecule has 2 aliphatic heterocycles. The van der Waals surface area contributed by atoms with Gasteiger partial charge in [0.05, 0.1) is 0 Å². The lowest BCUT2D eigenvalue weighted by molar-refractivity contribution is 0.137. The summed E-state index contributed by atoms with van der Waals surface area (Å²) in [5.41, 5.74) is 2.76. The molecular formula is C15H21NO. The number of benzene rings is 1. The van der Waals surface area contributed by atoms with E-state index in [9.17, 15) is 0 Å². The predicted molar refractivity (Wildman–Crippen MR) is 69.7 cm³/mol. The van der Waals surface area contributed by atoms with Gasteiger partial charge in [-0.15, -0.1) is 0 Å². The minimum Gasteiger partial charge on any atom is -0.487 e. The highest BCUT2D eigenvalue weighted by molar-refractivity contribution is 5.48. The lowest BCUT2D eigenvalue weighted by Crippen LogP contribution is -2.25. The zero-order chi connectivity index (χ0) is 12.0. The normalized spacial score (nSPS) is 30.1. The van der Waals surface area contributed by atoms with Crippen LogP contribution in [-0.2, 0) is 6.42 Å². The van der Waals surface area contributed by atoms with Gasteiger partial charge in [-0.05, 0) is 38.3 Å². The maximum atomic E-state index is 6.15. The molecular weight excluding hydrogens is 210 g/mol. The highest BCUT2D eigenvalue weighted by Gasteiger charge is 2.34. The molecule has 0 bridgehead atoms. The fraction of sp³-hybridized carbons (Fsp3) is 0.600. The van der Waals surface area contributed by atoms with Crippen LogP contribution in [0.25, 0.3) is 0 Å². The molecule has 1 fully saturated rings. The third-order valence-electron chi connectivity index (χ3n) is 3.91. The van der Waals surface area contributed by atoms with Gasteiger partial charge in [0.15, 0.2) is 0 Å². The van der Waals surface area contributed by atoms with Gasteiger partial charge in [-0.1, -0.05) is 18.2 Å². The van der Waals surface area contributed by atoms with Crippen LogP contribution in [-0.4, -0.2) is 18.2 Å². The second kappa shape index (κ2) is 3.74. The monoisotopic (exact) mass is 231 g/mol. The van der Waals surface area contributed by atoms with Gasteiger partial charge < -0.3 is 10.1 Å². The van der Waals surface area contributed by atoms with E-state index in [1.165, 1.54) is 23.3 Å². The third-order valence-corrected chi connectivity index (χ3v) is 3.91. The SMILES string of the molecule is CC1CC(c2cccc3c2OC(C)(C)C3)CN1. The summed E-state index contributed by atoms with van der Waals surface area (Å²) in [7, 11) is 0. The quantitative estimate of drug-likeness (QED) is 0.802. The molecule has 0 spiro atoms. The molecule has 0 radical (unpaired) electrons. The van der Waals surface area contributed by atoms with Crippen LogP contribution in [0, 0.1) is 0 Å². The summed E-state index contributed by atoms with van der Waals surface area (Å²) in [4.78, 5) is 0. The fourth-order valence-electron chi connectivity index (χ4n) is 3.13. The van der Waals surface area contributed by atoms with E-state index in [4.69, 9.17) is 4.74 Å². The van der Waals surface area contributed by atoms with Crippen LogP contribution in [0.4, 0.5) is 0 Å². The van der Waals surface area contributed by atoms with E-state index < -0.39 is 0 Å². The smallest absolute Gasteiger partial charge is 0.126 e. The number of nitrogens with one attached hydrogen (secondary N) is 1. The lowest BCUT2D eigenvalue weighted by Gasteiger charge is -2.19. The summed E-state index contributed by atoms with van der Waals surface area (Å²) in [5, 5.41) is 3.52. The number of ether oxygens (including phenoxy) is 1. The Labute approximate surface area is 103 Å². The van der Waals surface area contributed by atoms with Crippen molar-refractivity contribution in [3.05, 3.63) is 29.3 Å². The molecule has 2 heterocycles. The maximum Gasteiger partial charge on any atom is 0.126 e. The molecule has 1 aromatic rings. The Morgan fingerprint density at radius 2 is 2.18 bits per heavy atom. The number of rotatable bonds is 1. The van der Waals surface area contributed by atoms with E-state index in [1.807, 2.05) is 0 Å². The van der Waals surface area contributed by atoms with E-state index in [0.717, 1.165) is 13.0 Å². The van der Waals surface area contributed by atoms with Crippen LogP contribution in [0.15, 0.2) is 18.2 Å². The predicted octanol–water partition coefficient (Wildman–Crippen LogP) is 2.87. The maximum absolute atomic E-state index is 6.15. The van der Waals surface area contributed by atoms with Crippen molar-refractivity contribution in [2.24, 2.45) is 0 Å². The minimum atomic E-state index is -0.0317. The Balaban J connectivity index is 1.95. The van der Waals surface area contributed by atoms with Gasteiger partial charge in [0.25, 0.3) is 0 Å². The van der Waals surface area contributed by atoms with E-state index in [0.29, 0.717) is 12.0 Å². The summed E-state index contributed by atoms with van der Waals surface area (Å²) in [6.45, 7) is 7.69. The molecule has 0 aromatic heterocycles. The van der Waals surface area contributed by atoms with E-state index in [1.54, 1.807) is 0 Å². The van der Waals surface area contributed by atoms with Crippen molar-refractivity contribution in [2.75, 3.05) is 6.54 Å². The first kappa shape index (κ1) is 11.1. The fourth-order valence-corrected chi connectivity index (χ4v) is 3.13. The van der Waals surface area contributed by atoms with Crippen molar-refractivity contribution in [2.45, 2.75) is 51.2 Å². The van der Waals surface area contributed by atoms with Gasteiger partial charge >= 0.3 is 0 Å². The standard InChI is InChI=1S/C15H21NO/c1-10-7-12(9-16-10)13-6-4-5-11-8-15(2,3)17-14(11)13/h4-6,10,12,16H,7-9H2,1-3H3. The van der Waals surface area contributed by atoms with Crippen molar-refractivity contribution in [3.63, 3.8) is 0 Å². The topological polar surface area (TPSA) is 21.3 Å². The highest BCUT2D eigenvalue weighted by atomic mass is 16.5. The van der Waals surface area contributed by atoms with Crippen molar-refractivity contribution >= 4 is 0 Å². The molecule has 0 amide bonds. The highest BCUT2D eigenvalue weighted by Crippen LogP contribution is 2.42. The second-order valence-electron chi connectivity index (χ2n) is 6.12. The zero-order valence-electron chi connectivity index (χ0n) is 10.9. The summed E-state index contributed by atoms with van der Waals surface area (Å²) in [5.74, 6) is 1.78. The largest absolute Gasteiger partial charge is 0.487 e. The van der Waals surface area contributed by atoms with Gasteiger partial charge in [0, 0.05) is 24.9 Å². The zero-order valence-corrected chi connectivity index (χ0v) is 10.9. The van der Waals surface area contributed by atoms with Crippen molar-refractivity contribution in [1.82, 2.24) is 5.32 Å². The van der Waals surface area contributed by atoms with E-state index >= 15 is 0 Å². The van der Waals surface area contributed by atoms with Crippen LogP contribution in [0.2, 0.25) is 0 Å². The summed E-state index contributed by atoms with van der Waals surface area (Å²) in [6, 6.07) is 7.26. The molecule has 0 saturated carbocycles. The van der Waals surface area contributed by atoms with Crippen LogP contribution >= 0.6 is 0 Å². The molecule has 17 heavy (non-hydrogen) atoms. The second-order valence-corrected chi connectivity index (χ2v) is 6.12. The van der Waals surface area contributed by atoms with Crippen molar-refractivity contribution < 1.29 is 4.74 Å². The molecule has 2 nitrogen and oxygen atoms in total. The molecule has 3 rings (SSSR count). The van der Waals surface area contributed by atoms with Crippen LogP contribution < -0.4 is 10.1 Å². The molecule has 0 aliphatic carbocycles. The van der Waals surface area contributed by atoms with Crippen LogP contribution in [0.5, 0.6) is 5.75 Å². The summed E-state index contributed by atoms with van der Waals surface area (Å²) in [6.07, 6.45) is 2.26. The Morgan fingerprint density at radius 1 is 1.35 bits per heavy atom. The van der Waals surface area contributed by atoms with Crippen LogP contribution in [0.3, 0.4) is 0 Å². The molecule has 92 valence electrons. The molecule has 1 N–H and O–H groups in total. The number of para-hydroxylation sites is 1. The number of fused-ring (bicyclic) bond motifs is 1. The Hall–Kier alpha value is -1.02. The Morgan fingerprint density at radius 3 is 2.88 bits per heavy atom. The molecule has 2 aliphatic rings. The third kappa shape index (κ3) is 1.95. The first-order chi connectivity index (χ1) is 8.05. The van der Waals surface area contributed by atoms with Gasteiger partial charge in [-0.3, -0.25) is 0 Å². The summed E-state index contributed by atoms with van der Waals surface area (Å²) < 4.78 is 6.15. The summed E-state index contributed by atoms with van der Waals surface area (Å²) >= 11 is 0. The Bertz CT molecular complexity index is 439. The van der Waals surface area contributed by atoms with E-state index in [-0.39, 0.29) is 5.60 Å². The first-order valence-electron chi connectivity index (χ1n) is 6.59. The average molecular weight is 231 g/mol. The van der Waals surface area contributed by atoms with Gasteiger partial charge in [0.1, 0.15) is 11.4 Å². The molecule has 2 heteroatoms. The number of hydrogen-bond acceptors (Lipinski definition) is 2. The van der Waals surface area contributed by atoms with Gasteiger partial charge in [0.2, 0.25) is 0 Å².